The molecular weight excluding hydrogens is 201 g/mol. The van der Waals surface area contributed by atoms with Crippen LogP contribution in [-0.2, 0) is 0 Å². The molecule has 0 amide bonds. The second-order valence-electron chi connectivity index (χ2n) is 2.69. The molecule has 1 aromatic carbocycles. The Morgan fingerprint density at radius 3 is 2.13 bits per heavy atom. The van der Waals surface area contributed by atoms with E-state index in [2.05, 4.69) is 15.0 Å². The van der Waals surface area contributed by atoms with Crippen molar-refractivity contribution < 1.29 is 4.74 Å². The van der Waals surface area contributed by atoms with Gasteiger partial charge in [-0.1, -0.05) is 0 Å². The third-order valence-corrected chi connectivity index (χ3v) is 1.84. The minimum absolute atomic E-state index is 0. The number of nitrogens with zero attached hydrogens (tertiary/aromatic N) is 3. The predicted molar refractivity (Wildman–Crippen MR) is 57.6 cm³/mol. The van der Waals surface area contributed by atoms with E-state index < -0.39 is 0 Å². The molecule has 71 valence electrons. The third kappa shape index (κ3) is 2.99. The number of methoxy groups -OCH3 is 1. The Hall–Kier alpha value is -0.970. The van der Waals surface area contributed by atoms with E-state index >= 15 is 0 Å². The van der Waals surface area contributed by atoms with Crippen molar-refractivity contribution in [3.8, 4) is 17.1 Å². The molecule has 0 atom stereocenters. The first-order valence-corrected chi connectivity index (χ1v) is 4.16. The maximum atomic E-state index is 5.05. The smallest absolute Gasteiger partial charge is 0.162 e. The second-order valence-corrected chi connectivity index (χ2v) is 2.69. The van der Waals surface area contributed by atoms with Gasteiger partial charge in [-0.05, 0) is 24.3 Å². The number of aromatic nitrogens is 3. The summed E-state index contributed by atoms with van der Waals surface area (Å²) in [6, 6.07) is 7.57. The van der Waals surface area contributed by atoms with Gasteiger partial charge in [0.15, 0.2) is 5.82 Å². The van der Waals surface area contributed by atoms with Gasteiger partial charge in [0.05, 0.1) is 7.11 Å². The average Bonchev–Trinajstić information content (AvgIpc) is 2.30. The molecule has 0 saturated carbocycles. The van der Waals surface area contributed by atoms with Crippen molar-refractivity contribution in [2.45, 2.75) is 0 Å². The standard InChI is InChI=1S/C10H9N3O.Na/c1-14-9-4-2-8(3-5-9)10-12-6-11-7-13-10;/h2-7H,1H3;. The average molecular weight is 210 g/mol. The van der Waals surface area contributed by atoms with E-state index in [-0.39, 0.29) is 29.6 Å². The SMILES string of the molecule is COc1ccc(-c2ncncn2)cc1.[Na]. The molecule has 0 bridgehead atoms. The summed E-state index contributed by atoms with van der Waals surface area (Å²) >= 11 is 0. The molecule has 0 aliphatic rings. The Labute approximate surface area is 110 Å². The molecule has 0 saturated heterocycles. The molecule has 4 nitrogen and oxygen atoms in total. The number of benzene rings is 1. The molecule has 1 heterocycles. The monoisotopic (exact) mass is 210 g/mol. The van der Waals surface area contributed by atoms with Gasteiger partial charge in [0.25, 0.3) is 0 Å². The maximum Gasteiger partial charge on any atom is 0.162 e. The summed E-state index contributed by atoms with van der Waals surface area (Å²) in [5.74, 6) is 1.49. The van der Waals surface area contributed by atoms with Gasteiger partial charge < -0.3 is 4.74 Å². The Kier molecular flexibility index (Phi) is 4.68. The van der Waals surface area contributed by atoms with Crippen LogP contribution in [-0.4, -0.2) is 51.6 Å². The fourth-order valence-corrected chi connectivity index (χ4v) is 1.13. The summed E-state index contributed by atoms with van der Waals surface area (Å²) in [6.45, 7) is 0. The van der Waals surface area contributed by atoms with Gasteiger partial charge in [-0.3, -0.25) is 0 Å². The minimum Gasteiger partial charge on any atom is -0.497 e. The van der Waals surface area contributed by atoms with Gasteiger partial charge in [0, 0.05) is 35.1 Å². The van der Waals surface area contributed by atoms with Crippen molar-refractivity contribution in [1.29, 1.82) is 0 Å². The van der Waals surface area contributed by atoms with Gasteiger partial charge in [-0.25, -0.2) is 15.0 Å². The Morgan fingerprint density at radius 2 is 1.60 bits per heavy atom. The zero-order valence-electron chi connectivity index (χ0n) is 8.71. The summed E-state index contributed by atoms with van der Waals surface area (Å²) in [7, 11) is 1.64. The summed E-state index contributed by atoms with van der Waals surface area (Å²) in [4.78, 5) is 11.8. The van der Waals surface area contributed by atoms with E-state index in [4.69, 9.17) is 4.74 Å². The first-order valence-electron chi connectivity index (χ1n) is 4.16. The first kappa shape index (κ1) is 12.1. The summed E-state index contributed by atoms with van der Waals surface area (Å²) < 4.78 is 5.05. The number of ether oxygens (including phenoxy) is 1. The Balaban J connectivity index is 0.00000112. The van der Waals surface area contributed by atoms with Crippen molar-refractivity contribution in [2.75, 3.05) is 7.11 Å². The molecule has 1 aromatic heterocycles. The van der Waals surface area contributed by atoms with Gasteiger partial charge in [0.2, 0.25) is 0 Å². The maximum absolute atomic E-state index is 5.05. The Morgan fingerprint density at radius 1 is 1.00 bits per heavy atom. The van der Waals surface area contributed by atoms with Crippen molar-refractivity contribution in [1.82, 2.24) is 15.0 Å². The van der Waals surface area contributed by atoms with Crippen molar-refractivity contribution >= 4 is 29.6 Å². The van der Waals surface area contributed by atoms with Crippen LogP contribution in [0, 0.1) is 0 Å². The van der Waals surface area contributed by atoms with Crippen LogP contribution in [0.25, 0.3) is 11.4 Å². The molecule has 1 radical (unpaired) electrons. The van der Waals surface area contributed by atoms with Crippen LogP contribution in [0.3, 0.4) is 0 Å². The van der Waals surface area contributed by atoms with E-state index in [9.17, 15) is 0 Å². The molecule has 0 fully saturated rings. The fourth-order valence-electron chi connectivity index (χ4n) is 1.13. The summed E-state index contributed by atoms with van der Waals surface area (Å²) in [5.41, 5.74) is 0.952. The zero-order chi connectivity index (χ0) is 9.80. The van der Waals surface area contributed by atoms with E-state index in [1.165, 1.54) is 12.7 Å². The van der Waals surface area contributed by atoms with Crippen molar-refractivity contribution in [3.63, 3.8) is 0 Å². The van der Waals surface area contributed by atoms with E-state index in [0.29, 0.717) is 5.82 Å². The van der Waals surface area contributed by atoms with Crippen LogP contribution in [0.4, 0.5) is 0 Å². The van der Waals surface area contributed by atoms with E-state index in [1.807, 2.05) is 24.3 Å². The summed E-state index contributed by atoms with van der Waals surface area (Å²) in [5, 5.41) is 0. The van der Waals surface area contributed by atoms with Crippen LogP contribution in [0.15, 0.2) is 36.9 Å². The van der Waals surface area contributed by atoms with Crippen molar-refractivity contribution in [3.05, 3.63) is 36.9 Å². The predicted octanol–water partition coefficient (Wildman–Crippen LogP) is 1.17. The number of hydrogen-bond donors (Lipinski definition) is 0. The molecule has 0 spiro atoms. The van der Waals surface area contributed by atoms with Crippen LogP contribution in [0.1, 0.15) is 0 Å². The molecule has 15 heavy (non-hydrogen) atoms. The van der Waals surface area contributed by atoms with Gasteiger partial charge in [-0.15, -0.1) is 0 Å². The molecule has 2 aromatic rings. The molecule has 0 aliphatic heterocycles. The molecule has 0 aliphatic carbocycles. The van der Waals surface area contributed by atoms with Crippen LogP contribution < -0.4 is 4.74 Å². The van der Waals surface area contributed by atoms with Gasteiger partial charge in [0.1, 0.15) is 18.4 Å². The third-order valence-electron chi connectivity index (χ3n) is 1.84. The summed E-state index contributed by atoms with van der Waals surface area (Å²) in [6.07, 6.45) is 2.96. The second kappa shape index (κ2) is 5.80. The minimum atomic E-state index is 0. The molecule has 0 unspecified atom stereocenters. The number of rotatable bonds is 2. The Bertz CT molecular complexity index is 405. The first-order chi connectivity index (χ1) is 6.90. The van der Waals surface area contributed by atoms with Gasteiger partial charge >= 0.3 is 0 Å². The molecular formula is C10H9N3NaO. The fraction of sp³-hybridized carbons (Fsp3) is 0.100. The van der Waals surface area contributed by atoms with Crippen LogP contribution in [0.5, 0.6) is 5.75 Å². The van der Waals surface area contributed by atoms with Crippen LogP contribution in [0.2, 0.25) is 0 Å². The largest absolute Gasteiger partial charge is 0.497 e. The molecule has 0 N–H and O–H groups in total. The number of hydrogen-bond acceptors (Lipinski definition) is 4. The van der Waals surface area contributed by atoms with E-state index in [1.54, 1.807) is 7.11 Å². The normalized spacial score (nSPS) is 9.13. The topological polar surface area (TPSA) is 47.9 Å². The van der Waals surface area contributed by atoms with Crippen LogP contribution >= 0.6 is 0 Å². The molecule has 2 rings (SSSR count). The zero-order valence-corrected chi connectivity index (χ0v) is 10.7. The quantitative estimate of drug-likeness (QED) is 0.698. The molecule has 5 heteroatoms. The van der Waals surface area contributed by atoms with Crippen molar-refractivity contribution in [2.24, 2.45) is 0 Å². The van der Waals surface area contributed by atoms with E-state index in [0.717, 1.165) is 11.3 Å². The van der Waals surface area contributed by atoms with Gasteiger partial charge in [-0.2, -0.15) is 0 Å².